The molecule has 0 aliphatic rings. The molecule has 2 heteroatoms. The van der Waals surface area contributed by atoms with Gasteiger partial charge in [-0.05, 0) is 190 Å². The van der Waals surface area contributed by atoms with Gasteiger partial charge in [0.2, 0.25) is 0 Å². The molecule has 19 aromatic carbocycles. The highest BCUT2D eigenvalue weighted by Gasteiger charge is 2.25. The Balaban J connectivity index is 0.000000150. The first-order valence-electron chi connectivity index (χ1n) is 41.1. The Morgan fingerprint density at radius 1 is 0.190 bits per heavy atom. The molecule has 0 saturated carbocycles. The standard InChI is InChI=1S/C50H30O.C48H30O/c1-2-14-33-30-34(25-24-31(33)12-1)35-28-29-43(38-17-6-5-16-37(35)38)47-39-18-7-9-20-41(39)48(42-21-10-8-19-40(42)47)44-22-11-23-46-49(44)45-27-26-32-13-3-4-15-36(32)50(45)51-46;1-3-14-31(15-4-1)35-28-27-34(30-43(35)32-16-5-2-6-17-32)45-37-20-9-11-22-39(37)46(40-23-12-10-21-38(40)45)41-24-13-25-44-47(41)42-29-26-33-18-7-8-19-36(33)48(42)49-44/h1-30H;1-30H/i7D,8D,9D,10D,18D,19D,20D,21D;9D,10D,11D,12D,20D,21D,22D,23D. The van der Waals surface area contributed by atoms with Gasteiger partial charge in [0.25, 0.3) is 0 Å². The number of rotatable bonds is 7. The zero-order valence-electron chi connectivity index (χ0n) is 69.2. The van der Waals surface area contributed by atoms with Gasteiger partial charge in [-0.15, -0.1) is 0 Å². The van der Waals surface area contributed by atoms with Crippen molar-refractivity contribution in [2.45, 2.75) is 0 Å². The fourth-order valence-electron chi connectivity index (χ4n) is 15.4. The molecule has 0 aliphatic heterocycles. The van der Waals surface area contributed by atoms with Crippen molar-refractivity contribution in [1.82, 2.24) is 0 Å². The van der Waals surface area contributed by atoms with Crippen molar-refractivity contribution in [2.75, 3.05) is 0 Å². The Bertz CT molecular complexity index is 7750. The van der Waals surface area contributed by atoms with Crippen molar-refractivity contribution < 1.29 is 30.8 Å². The van der Waals surface area contributed by atoms with E-state index in [2.05, 4.69) is 30.3 Å². The van der Waals surface area contributed by atoms with Crippen LogP contribution in [0.5, 0.6) is 0 Å². The van der Waals surface area contributed by atoms with Crippen molar-refractivity contribution in [1.29, 1.82) is 0 Å². The van der Waals surface area contributed by atoms with E-state index in [-0.39, 0.29) is 103 Å². The SMILES string of the molecule is [2H]c1c([2H])c([2H])c2c(-c3cccc4oc5c6ccccc6ccc5c34)c3c([2H])c([2H])c([2H])c([2H])c3c(-c3ccc(-c4ccc5ccccc5c4)c4ccccc34)c2c1[2H].[2H]c1c([2H])c([2H])c2c(-c3cccc4oc5c6ccccc6ccc5c34)c3c([2H])c([2H])c([2H])c([2H])c3c(-c3ccc(-c4ccccc4)c(-c4ccccc4)c3)c2c1[2H]. The van der Waals surface area contributed by atoms with E-state index in [1.165, 1.54) is 0 Å². The van der Waals surface area contributed by atoms with Gasteiger partial charge in [-0.3, -0.25) is 0 Å². The molecule has 21 aromatic rings. The van der Waals surface area contributed by atoms with E-state index in [0.29, 0.717) is 66.5 Å². The summed E-state index contributed by atoms with van der Waals surface area (Å²) in [6.07, 6.45) is 0. The van der Waals surface area contributed by atoms with Gasteiger partial charge < -0.3 is 8.83 Å². The van der Waals surface area contributed by atoms with Crippen LogP contribution < -0.4 is 0 Å². The third-order valence-corrected chi connectivity index (χ3v) is 19.8. The summed E-state index contributed by atoms with van der Waals surface area (Å²) >= 11 is 0. The van der Waals surface area contributed by atoms with Gasteiger partial charge in [0, 0.05) is 32.3 Å². The van der Waals surface area contributed by atoms with Gasteiger partial charge in [0.05, 0.1) is 21.9 Å². The number of benzene rings is 19. The van der Waals surface area contributed by atoms with Crippen molar-refractivity contribution in [3.8, 4) is 77.9 Å². The van der Waals surface area contributed by atoms with Crippen LogP contribution in [0.3, 0.4) is 0 Å². The summed E-state index contributed by atoms with van der Waals surface area (Å²) in [5.41, 5.74) is 11.4. The monoisotopic (exact) mass is 1280 g/mol. The normalized spacial score (nSPS) is 14.0. The van der Waals surface area contributed by atoms with Gasteiger partial charge in [-0.2, -0.15) is 0 Å². The minimum Gasteiger partial charge on any atom is -0.455 e. The molecule has 0 saturated heterocycles. The van der Waals surface area contributed by atoms with E-state index in [1.54, 1.807) is 6.07 Å². The summed E-state index contributed by atoms with van der Waals surface area (Å²) in [6.45, 7) is 0. The molecule has 2 heterocycles. The number of furan rings is 2. The minimum absolute atomic E-state index is 0.157. The zero-order valence-corrected chi connectivity index (χ0v) is 53.2. The largest absolute Gasteiger partial charge is 0.455 e. The number of hydrogen-bond acceptors (Lipinski definition) is 2. The molecule has 2 aromatic heterocycles. The van der Waals surface area contributed by atoms with Crippen LogP contribution in [0.25, 0.3) is 208 Å². The predicted molar refractivity (Wildman–Crippen MR) is 426 cm³/mol. The maximum absolute atomic E-state index is 9.59. The van der Waals surface area contributed by atoms with E-state index in [9.17, 15) is 11.0 Å². The maximum Gasteiger partial charge on any atom is 0.143 e. The third-order valence-electron chi connectivity index (χ3n) is 19.8. The fourth-order valence-corrected chi connectivity index (χ4v) is 15.4. The highest BCUT2D eigenvalue weighted by atomic mass is 16.3. The first kappa shape index (κ1) is 43.1. The quantitative estimate of drug-likeness (QED) is 0.149. The Kier molecular flexibility index (Phi) is 10.1. The average molecular weight is 1290 g/mol. The molecular formula is C98H60O2. The van der Waals surface area contributed by atoms with Gasteiger partial charge in [-0.25, -0.2) is 0 Å². The molecule has 0 bridgehead atoms. The molecule has 0 radical (unpaired) electrons. The van der Waals surface area contributed by atoms with Crippen molar-refractivity contribution in [3.05, 3.63) is 364 Å². The molecule has 21 rings (SSSR count). The lowest BCUT2D eigenvalue weighted by molar-refractivity contribution is 0.672. The maximum atomic E-state index is 9.59. The molecule has 2 nitrogen and oxygen atoms in total. The number of hydrogen-bond donors (Lipinski definition) is 0. The summed E-state index contributed by atoms with van der Waals surface area (Å²) in [7, 11) is 0. The topological polar surface area (TPSA) is 26.3 Å². The second-order valence-electron chi connectivity index (χ2n) is 25.1. The second kappa shape index (κ2) is 23.3. The zero-order chi connectivity index (χ0) is 79.7. The first-order valence-corrected chi connectivity index (χ1v) is 33.1. The predicted octanol–water partition coefficient (Wildman–Crippen LogP) is 28.1. The molecule has 464 valence electrons. The Morgan fingerprint density at radius 2 is 0.560 bits per heavy atom. The van der Waals surface area contributed by atoms with Crippen LogP contribution in [0.2, 0.25) is 0 Å². The van der Waals surface area contributed by atoms with Crippen LogP contribution >= 0.6 is 0 Å². The second-order valence-corrected chi connectivity index (χ2v) is 25.1. The molecule has 0 fully saturated rings. The van der Waals surface area contributed by atoms with E-state index in [1.807, 2.05) is 231 Å². The van der Waals surface area contributed by atoms with E-state index < -0.39 is 48.3 Å². The van der Waals surface area contributed by atoms with Crippen LogP contribution in [-0.2, 0) is 0 Å². The van der Waals surface area contributed by atoms with E-state index in [0.717, 1.165) is 87.2 Å². The Labute approximate surface area is 599 Å². The highest BCUT2D eigenvalue weighted by Crippen LogP contribution is 2.52. The first-order chi connectivity index (χ1) is 56.3. The van der Waals surface area contributed by atoms with Gasteiger partial charge in [0.1, 0.15) is 22.3 Å². The summed E-state index contributed by atoms with van der Waals surface area (Å²) in [5, 5.41) is 11.8. The Morgan fingerprint density at radius 3 is 1.06 bits per heavy atom. The van der Waals surface area contributed by atoms with Crippen LogP contribution in [-0.4, -0.2) is 0 Å². The lowest BCUT2D eigenvalue weighted by atomic mass is 9.83. The van der Waals surface area contributed by atoms with Gasteiger partial charge in [0.15, 0.2) is 0 Å². The number of fused-ring (bicyclic) bond motifs is 16. The molecular weight excluding hydrogens is 1210 g/mol. The molecule has 100 heavy (non-hydrogen) atoms. The lowest BCUT2D eigenvalue weighted by Gasteiger charge is -2.20. The minimum atomic E-state index is -0.445. The average Bonchev–Trinajstić information content (AvgIpc) is 0.908. The summed E-state index contributed by atoms with van der Waals surface area (Å²) in [5.74, 6) is 0. The molecule has 0 aliphatic carbocycles. The van der Waals surface area contributed by atoms with Crippen molar-refractivity contribution in [2.24, 2.45) is 0 Å². The molecule has 0 unspecified atom stereocenters. The smallest absolute Gasteiger partial charge is 0.143 e. The highest BCUT2D eigenvalue weighted by molar-refractivity contribution is 6.30. The summed E-state index contributed by atoms with van der Waals surface area (Å²) < 4.78 is 161. The molecule has 0 amide bonds. The van der Waals surface area contributed by atoms with E-state index >= 15 is 0 Å². The van der Waals surface area contributed by atoms with Crippen LogP contribution in [0.1, 0.15) is 21.9 Å². The van der Waals surface area contributed by atoms with Crippen LogP contribution in [0, 0.1) is 0 Å². The van der Waals surface area contributed by atoms with Crippen molar-refractivity contribution >= 4 is 130 Å². The van der Waals surface area contributed by atoms with Gasteiger partial charge in [-0.1, -0.05) is 327 Å². The lowest BCUT2D eigenvalue weighted by Crippen LogP contribution is -1.93. The summed E-state index contributed by atoms with van der Waals surface area (Å²) in [6, 6.07) is 80.6. The fraction of sp³-hybridized carbons (Fsp3) is 0. The molecule has 0 atom stereocenters. The Hall–Kier alpha value is -13.1. The van der Waals surface area contributed by atoms with Crippen molar-refractivity contribution in [3.63, 3.8) is 0 Å². The van der Waals surface area contributed by atoms with Gasteiger partial charge >= 0.3 is 0 Å². The summed E-state index contributed by atoms with van der Waals surface area (Å²) in [4.78, 5) is 0. The third kappa shape index (κ3) is 9.12. The van der Waals surface area contributed by atoms with E-state index in [4.69, 9.17) is 19.8 Å². The van der Waals surface area contributed by atoms with Crippen LogP contribution in [0.4, 0.5) is 0 Å². The molecule has 0 spiro atoms. The molecule has 0 N–H and O–H groups in total. The van der Waals surface area contributed by atoms with Crippen LogP contribution in [0.15, 0.2) is 372 Å².